The van der Waals surface area contributed by atoms with Crippen molar-refractivity contribution in [3.8, 4) is 5.82 Å². The molecule has 1 N–H and O–H groups in total. The molecule has 3 rings (SSSR count). The second-order valence-electron chi connectivity index (χ2n) is 5.15. The van der Waals surface area contributed by atoms with E-state index in [9.17, 15) is 14.9 Å². The number of nitro groups is 1. The van der Waals surface area contributed by atoms with Crippen LogP contribution >= 0.6 is 0 Å². The number of esters is 1. The molecule has 10 heteroatoms. The summed E-state index contributed by atoms with van der Waals surface area (Å²) < 4.78 is 6.29. The maximum Gasteiger partial charge on any atom is 0.339 e. The van der Waals surface area contributed by atoms with Gasteiger partial charge in [-0.1, -0.05) is 6.07 Å². The average Bonchev–Trinajstić information content (AvgIpc) is 3.20. The van der Waals surface area contributed by atoms with Crippen molar-refractivity contribution in [2.45, 2.75) is 6.54 Å². The molecule has 0 unspecified atom stereocenters. The Labute approximate surface area is 147 Å². The number of carbonyl (C=O) groups is 1. The van der Waals surface area contributed by atoms with Crippen LogP contribution in [0.3, 0.4) is 0 Å². The Morgan fingerprint density at radius 1 is 1.38 bits per heavy atom. The van der Waals surface area contributed by atoms with Crippen LogP contribution in [0, 0.1) is 10.1 Å². The third-order valence-electron chi connectivity index (χ3n) is 3.55. The van der Waals surface area contributed by atoms with E-state index in [1.54, 1.807) is 35.6 Å². The Bertz CT molecular complexity index is 942. The number of rotatable bonds is 6. The van der Waals surface area contributed by atoms with Gasteiger partial charge in [-0.05, 0) is 6.07 Å². The number of carbonyl (C=O) groups excluding carboxylic acids is 1. The number of nitrogens with one attached hydrogen (secondary N) is 1. The molecule has 0 fully saturated rings. The zero-order valence-electron chi connectivity index (χ0n) is 13.7. The van der Waals surface area contributed by atoms with Crippen molar-refractivity contribution in [3.05, 3.63) is 70.6 Å². The number of imidazole rings is 1. The van der Waals surface area contributed by atoms with Crippen molar-refractivity contribution in [3.63, 3.8) is 0 Å². The first-order chi connectivity index (χ1) is 12.6. The maximum absolute atomic E-state index is 11.5. The fourth-order valence-electron chi connectivity index (χ4n) is 2.32. The number of anilines is 1. The van der Waals surface area contributed by atoms with E-state index >= 15 is 0 Å². The molecule has 0 aliphatic carbocycles. The highest BCUT2D eigenvalue weighted by Crippen LogP contribution is 2.24. The average molecular weight is 354 g/mol. The SMILES string of the molecule is COC(=O)c1cnc(NCc2cccnc2-n2ccnc2)c([N+](=O)[O-])c1. The van der Waals surface area contributed by atoms with E-state index in [-0.39, 0.29) is 23.6 Å². The number of pyridine rings is 2. The molecule has 0 saturated carbocycles. The first-order valence-corrected chi connectivity index (χ1v) is 7.49. The second-order valence-corrected chi connectivity index (χ2v) is 5.15. The molecule has 26 heavy (non-hydrogen) atoms. The minimum atomic E-state index is -0.693. The van der Waals surface area contributed by atoms with Crippen molar-refractivity contribution < 1.29 is 14.5 Å². The number of hydrogen-bond donors (Lipinski definition) is 1. The normalized spacial score (nSPS) is 10.3. The van der Waals surface area contributed by atoms with Gasteiger partial charge in [-0.2, -0.15) is 0 Å². The topological polar surface area (TPSA) is 125 Å². The highest BCUT2D eigenvalue weighted by atomic mass is 16.6. The smallest absolute Gasteiger partial charge is 0.339 e. The number of methoxy groups -OCH3 is 1. The molecule has 10 nitrogen and oxygen atoms in total. The fourth-order valence-corrected chi connectivity index (χ4v) is 2.32. The summed E-state index contributed by atoms with van der Waals surface area (Å²) in [5.74, 6) is -0.00350. The maximum atomic E-state index is 11.5. The van der Waals surface area contributed by atoms with Crippen molar-refractivity contribution in [1.82, 2.24) is 19.5 Å². The molecule has 0 radical (unpaired) electrons. The molecule has 0 spiro atoms. The van der Waals surface area contributed by atoms with Gasteiger partial charge in [-0.3, -0.25) is 14.7 Å². The Kier molecular flexibility index (Phi) is 4.83. The van der Waals surface area contributed by atoms with Crippen LogP contribution in [0.5, 0.6) is 0 Å². The van der Waals surface area contributed by atoms with Gasteiger partial charge in [-0.25, -0.2) is 19.7 Å². The summed E-state index contributed by atoms with van der Waals surface area (Å²) in [4.78, 5) is 34.5. The lowest BCUT2D eigenvalue weighted by Gasteiger charge is -2.11. The van der Waals surface area contributed by atoms with Crippen LogP contribution in [0.2, 0.25) is 0 Å². The van der Waals surface area contributed by atoms with Crippen LogP contribution in [0.1, 0.15) is 15.9 Å². The molecule has 0 aliphatic rings. The summed E-state index contributed by atoms with van der Waals surface area (Å²) in [7, 11) is 1.19. The first-order valence-electron chi connectivity index (χ1n) is 7.49. The Morgan fingerprint density at radius 3 is 2.92 bits per heavy atom. The molecular formula is C16H14N6O4. The third kappa shape index (κ3) is 3.48. The van der Waals surface area contributed by atoms with Gasteiger partial charge in [0.2, 0.25) is 5.82 Å². The predicted octanol–water partition coefficient (Wildman–Crippen LogP) is 1.97. The molecule has 0 bridgehead atoms. The van der Waals surface area contributed by atoms with E-state index in [1.807, 2.05) is 6.07 Å². The van der Waals surface area contributed by atoms with Gasteiger partial charge in [0.1, 0.15) is 12.1 Å². The summed E-state index contributed by atoms with van der Waals surface area (Å²) in [6, 6.07) is 4.73. The van der Waals surface area contributed by atoms with Crippen molar-refractivity contribution in [2.24, 2.45) is 0 Å². The lowest BCUT2D eigenvalue weighted by Crippen LogP contribution is -2.10. The van der Waals surface area contributed by atoms with Gasteiger partial charge in [0.05, 0.1) is 17.6 Å². The Morgan fingerprint density at radius 2 is 2.23 bits per heavy atom. The van der Waals surface area contributed by atoms with Crippen LogP contribution in [-0.2, 0) is 11.3 Å². The summed E-state index contributed by atoms with van der Waals surface area (Å²) >= 11 is 0. The number of ether oxygens (including phenoxy) is 1. The van der Waals surface area contributed by atoms with Gasteiger partial charge < -0.3 is 10.1 Å². The van der Waals surface area contributed by atoms with E-state index in [0.717, 1.165) is 11.6 Å². The fraction of sp³-hybridized carbons (Fsp3) is 0.125. The lowest BCUT2D eigenvalue weighted by atomic mass is 10.2. The lowest BCUT2D eigenvalue weighted by molar-refractivity contribution is -0.384. The Hall–Kier alpha value is -3.82. The molecule has 0 amide bonds. The van der Waals surface area contributed by atoms with Crippen LogP contribution in [0.15, 0.2) is 49.3 Å². The highest BCUT2D eigenvalue weighted by molar-refractivity contribution is 5.90. The zero-order valence-corrected chi connectivity index (χ0v) is 13.7. The van der Waals surface area contributed by atoms with Gasteiger partial charge >= 0.3 is 11.7 Å². The molecule has 0 aliphatic heterocycles. The summed E-state index contributed by atoms with van der Waals surface area (Å²) in [5.41, 5.74) is 0.477. The molecule has 132 valence electrons. The van der Waals surface area contributed by atoms with Crippen molar-refractivity contribution >= 4 is 17.5 Å². The molecule has 0 aromatic carbocycles. The third-order valence-corrected chi connectivity index (χ3v) is 3.55. The van der Waals surface area contributed by atoms with Crippen LogP contribution in [-0.4, -0.2) is 37.5 Å². The quantitative estimate of drug-likeness (QED) is 0.404. The molecule has 0 saturated heterocycles. The van der Waals surface area contributed by atoms with Crippen molar-refractivity contribution in [2.75, 3.05) is 12.4 Å². The highest BCUT2D eigenvalue weighted by Gasteiger charge is 2.19. The summed E-state index contributed by atoms with van der Waals surface area (Å²) in [5, 5.41) is 14.2. The van der Waals surface area contributed by atoms with E-state index in [0.29, 0.717) is 5.82 Å². The summed E-state index contributed by atoms with van der Waals surface area (Å²) in [6.07, 6.45) is 7.85. The molecule has 3 heterocycles. The monoisotopic (exact) mass is 354 g/mol. The van der Waals surface area contributed by atoms with E-state index in [2.05, 4.69) is 25.0 Å². The second kappa shape index (κ2) is 7.38. The minimum Gasteiger partial charge on any atom is -0.465 e. The van der Waals surface area contributed by atoms with E-state index in [4.69, 9.17) is 0 Å². The molecule has 3 aromatic heterocycles. The van der Waals surface area contributed by atoms with Gasteiger partial charge in [0.15, 0.2) is 0 Å². The molecule has 0 atom stereocenters. The van der Waals surface area contributed by atoms with E-state index < -0.39 is 10.9 Å². The number of nitrogens with zero attached hydrogens (tertiary/aromatic N) is 5. The molecule has 3 aromatic rings. The first kappa shape index (κ1) is 17.0. The van der Waals surface area contributed by atoms with Gasteiger partial charge in [-0.15, -0.1) is 0 Å². The predicted molar refractivity (Wildman–Crippen MR) is 90.9 cm³/mol. The number of hydrogen-bond acceptors (Lipinski definition) is 8. The van der Waals surface area contributed by atoms with Gasteiger partial charge in [0.25, 0.3) is 0 Å². The van der Waals surface area contributed by atoms with E-state index in [1.165, 1.54) is 13.3 Å². The summed E-state index contributed by atoms with van der Waals surface area (Å²) in [6.45, 7) is 0.243. The zero-order chi connectivity index (χ0) is 18.5. The van der Waals surface area contributed by atoms with Crippen LogP contribution in [0.25, 0.3) is 5.82 Å². The largest absolute Gasteiger partial charge is 0.465 e. The standard InChI is InChI=1S/C16H14N6O4/c1-26-16(23)12-7-13(22(24)25)14(20-9-12)19-8-11-3-2-4-18-15(11)21-6-5-17-10-21/h2-7,9-10H,8H2,1H3,(H,19,20). The van der Waals surface area contributed by atoms with Crippen LogP contribution < -0.4 is 5.32 Å². The van der Waals surface area contributed by atoms with Gasteiger partial charge in [0, 0.05) is 43.0 Å². The Balaban J connectivity index is 1.87. The number of aromatic nitrogens is 4. The molecular weight excluding hydrogens is 340 g/mol. The van der Waals surface area contributed by atoms with Crippen molar-refractivity contribution in [1.29, 1.82) is 0 Å². The minimum absolute atomic E-state index is 0.00484. The van der Waals surface area contributed by atoms with Crippen LogP contribution in [0.4, 0.5) is 11.5 Å².